The van der Waals surface area contributed by atoms with Gasteiger partial charge < -0.3 is 9.64 Å². The molecule has 1 aliphatic carbocycles. The van der Waals surface area contributed by atoms with Crippen molar-refractivity contribution in [3.63, 3.8) is 0 Å². The highest BCUT2D eigenvalue weighted by atomic mass is 16.5. The van der Waals surface area contributed by atoms with Crippen LogP contribution >= 0.6 is 0 Å². The summed E-state index contributed by atoms with van der Waals surface area (Å²) >= 11 is 0. The SMILES string of the molecule is O=C(C1CC1)N1CCC(n2cc(COc3ccccc3)nn2)C1. The van der Waals surface area contributed by atoms with E-state index in [1.54, 1.807) is 0 Å². The zero-order valence-electron chi connectivity index (χ0n) is 13.0. The Hall–Kier alpha value is -2.37. The summed E-state index contributed by atoms with van der Waals surface area (Å²) < 4.78 is 7.57. The fraction of sp³-hybridized carbons (Fsp3) is 0.471. The molecule has 0 spiro atoms. The molecule has 6 nitrogen and oxygen atoms in total. The molecule has 1 aromatic carbocycles. The Morgan fingerprint density at radius 3 is 2.83 bits per heavy atom. The third-order valence-electron chi connectivity index (χ3n) is 4.46. The first-order chi connectivity index (χ1) is 11.3. The second kappa shape index (κ2) is 6.02. The molecule has 0 N–H and O–H groups in total. The molecule has 1 amide bonds. The summed E-state index contributed by atoms with van der Waals surface area (Å²) in [5.74, 6) is 1.43. The van der Waals surface area contributed by atoms with Crippen LogP contribution in [0.15, 0.2) is 36.5 Å². The Morgan fingerprint density at radius 2 is 2.04 bits per heavy atom. The Morgan fingerprint density at radius 1 is 1.22 bits per heavy atom. The number of rotatable bonds is 5. The van der Waals surface area contributed by atoms with Crippen molar-refractivity contribution in [2.45, 2.75) is 31.9 Å². The summed E-state index contributed by atoms with van der Waals surface area (Å²) in [5.41, 5.74) is 0.806. The van der Waals surface area contributed by atoms with Crippen molar-refractivity contribution < 1.29 is 9.53 Å². The monoisotopic (exact) mass is 312 g/mol. The lowest BCUT2D eigenvalue weighted by atomic mass is 10.3. The average molecular weight is 312 g/mol. The van der Waals surface area contributed by atoms with Crippen LogP contribution < -0.4 is 4.74 Å². The molecule has 0 bridgehead atoms. The molecule has 6 heteroatoms. The van der Waals surface area contributed by atoms with Gasteiger partial charge in [-0.25, -0.2) is 4.68 Å². The molecule has 1 saturated carbocycles. The molecule has 1 unspecified atom stereocenters. The number of hydrogen-bond donors (Lipinski definition) is 0. The van der Waals surface area contributed by atoms with Crippen molar-refractivity contribution in [3.05, 3.63) is 42.2 Å². The van der Waals surface area contributed by atoms with E-state index in [2.05, 4.69) is 10.3 Å². The molecule has 2 heterocycles. The van der Waals surface area contributed by atoms with Crippen LogP contribution in [0.4, 0.5) is 0 Å². The highest BCUT2D eigenvalue weighted by molar-refractivity contribution is 5.81. The van der Waals surface area contributed by atoms with Crippen LogP contribution in [0.5, 0.6) is 5.75 Å². The van der Waals surface area contributed by atoms with Gasteiger partial charge in [0.25, 0.3) is 0 Å². The number of benzene rings is 1. The zero-order chi connectivity index (χ0) is 15.6. The molecule has 2 aliphatic rings. The molecule has 23 heavy (non-hydrogen) atoms. The van der Waals surface area contributed by atoms with Crippen molar-refractivity contribution in [2.24, 2.45) is 5.92 Å². The van der Waals surface area contributed by atoms with E-state index in [9.17, 15) is 4.79 Å². The number of ether oxygens (including phenoxy) is 1. The lowest BCUT2D eigenvalue weighted by Crippen LogP contribution is -2.30. The molecule has 1 aliphatic heterocycles. The fourth-order valence-corrected chi connectivity index (χ4v) is 2.98. The smallest absolute Gasteiger partial charge is 0.225 e. The number of hydrogen-bond acceptors (Lipinski definition) is 4. The van der Waals surface area contributed by atoms with E-state index < -0.39 is 0 Å². The summed E-state index contributed by atoms with van der Waals surface area (Å²) in [5, 5.41) is 8.39. The average Bonchev–Trinajstić information content (AvgIpc) is 3.13. The Kier molecular flexibility index (Phi) is 3.73. The van der Waals surface area contributed by atoms with Crippen LogP contribution in [0.2, 0.25) is 0 Å². The number of nitrogens with zero attached hydrogens (tertiary/aromatic N) is 4. The molecule has 2 fully saturated rings. The van der Waals surface area contributed by atoms with E-state index in [0.717, 1.165) is 43.8 Å². The lowest BCUT2D eigenvalue weighted by Gasteiger charge is -2.15. The van der Waals surface area contributed by atoms with Crippen LogP contribution in [0, 0.1) is 5.92 Å². The minimum Gasteiger partial charge on any atom is -0.487 e. The number of para-hydroxylation sites is 1. The van der Waals surface area contributed by atoms with E-state index in [0.29, 0.717) is 18.4 Å². The standard InChI is InChI=1S/C17H20N4O2/c22-17(13-6-7-13)20-9-8-15(11-20)21-10-14(18-19-21)12-23-16-4-2-1-3-5-16/h1-5,10,13,15H,6-9,11-12H2. The number of likely N-dealkylation sites (tertiary alicyclic amines) is 1. The molecule has 1 aromatic heterocycles. The summed E-state index contributed by atoms with van der Waals surface area (Å²) in [4.78, 5) is 14.1. The number of amides is 1. The maximum atomic E-state index is 12.1. The summed E-state index contributed by atoms with van der Waals surface area (Å²) in [6.45, 7) is 1.98. The van der Waals surface area contributed by atoms with Crippen LogP contribution in [0.1, 0.15) is 31.0 Å². The number of carbonyl (C=O) groups is 1. The van der Waals surface area contributed by atoms with Crippen molar-refractivity contribution in [2.75, 3.05) is 13.1 Å². The number of carbonyl (C=O) groups excluding carboxylic acids is 1. The molecule has 0 radical (unpaired) electrons. The molecule has 1 saturated heterocycles. The van der Waals surface area contributed by atoms with Crippen LogP contribution in [0.3, 0.4) is 0 Å². The number of aromatic nitrogens is 3. The van der Waals surface area contributed by atoms with Crippen molar-refractivity contribution in [3.8, 4) is 5.75 Å². The van der Waals surface area contributed by atoms with Crippen LogP contribution in [0.25, 0.3) is 0 Å². The second-order valence-electron chi connectivity index (χ2n) is 6.29. The van der Waals surface area contributed by atoms with Crippen molar-refractivity contribution in [1.82, 2.24) is 19.9 Å². The van der Waals surface area contributed by atoms with Gasteiger partial charge in [-0.05, 0) is 31.4 Å². The molecular formula is C17H20N4O2. The van der Waals surface area contributed by atoms with E-state index >= 15 is 0 Å². The van der Waals surface area contributed by atoms with Crippen LogP contribution in [-0.2, 0) is 11.4 Å². The van der Waals surface area contributed by atoms with E-state index in [-0.39, 0.29) is 6.04 Å². The minimum atomic E-state index is 0.232. The molecule has 120 valence electrons. The Labute approximate surface area is 135 Å². The Bertz CT molecular complexity index is 681. The molecular weight excluding hydrogens is 292 g/mol. The summed E-state index contributed by atoms with van der Waals surface area (Å²) in [7, 11) is 0. The van der Waals surface area contributed by atoms with Gasteiger partial charge in [0.15, 0.2) is 0 Å². The van der Waals surface area contributed by atoms with Gasteiger partial charge in [-0.1, -0.05) is 23.4 Å². The first-order valence-corrected chi connectivity index (χ1v) is 8.17. The van der Waals surface area contributed by atoms with Crippen molar-refractivity contribution in [1.29, 1.82) is 0 Å². The third kappa shape index (κ3) is 3.21. The predicted octanol–water partition coefficient (Wildman–Crippen LogP) is 2.04. The zero-order valence-corrected chi connectivity index (χ0v) is 13.0. The maximum absolute atomic E-state index is 12.1. The van der Waals surface area contributed by atoms with Gasteiger partial charge >= 0.3 is 0 Å². The van der Waals surface area contributed by atoms with E-state index in [4.69, 9.17) is 4.74 Å². The van der Waals surface area contributed by atoms with Crippen LogP contribution in [-0.4, -0.2) is 38.9 Å². The molecule has 2 aromatic rings. The van der Waals surface area contributed by atoms with Crippen molar-refractivity contribution >= 4 is 5.91 Å². The maximum Gasteiger partial charge on any atom is 0.225 e. The van der Waals surface area contributed by atoms with Gasteiger partial charge in [-0.3, -0.25) is 4.79 Å². The normalized spacial score (nSPS) is 20.7. The lowest BCUT2D eigenvalue weighted by molar-refractivity contribution is -0.131. The van der Waals surface area contributed by atoms with Gasteiger partial charge in [0.2, 0.25) is 5.91 Å². The van der Waals surface area contributed by atoms with Gasteiger partial charge in [0.05, 0.1) is 12.2 Å². The highest BCUT2D eigenvalue weighted by Crippen LogP contribution is 2.33. The third-order valence-corrected chi connectivity index (χ3v) is 4.46. The quantitative estimate of drug-likeness (QED) is 0.848. The topological polar surface area (TPSA) is 60.2 Å². The van der Waals surface area contributed by atoms with Gasteiger partial charge in [0, 0.05) is 19.0 Å². The minimum absolute atomic E-state index is 0.232. The second-order valence-corrected chi connectivity index (χ2v) is 6.29. The molecule has 1 atom stereocenters. The first-order valence-electron chi connectivity index (χ1n) is 8.17. The fourth-order valence-electron chi connectivity index (χ4n) is 2.98. The highest BCUT2D eigenvalue weighted by Gasteiger charge is 2.37. The van der Waals surface area contributed by atoms with Gasteiger partial charge in [0.1, 0.15) is 18.1 Å². The Balaban J connectivity index is 1.34. The first kappa shape index (κ1) is 14.2. The van der Waals surface area contributed by atoms with Gasteiger partial charge in [-0.15, -0.1) is 5.10 Å². The van der Waals surface area contributed by atoms with E-state index in [1.165, 1.54) is 0 Å². The van der Waals surface area contributed by atoms with E-state index in [1.807, 2.05) is 46.1 Å². The largest absolute Gasteiger partial charge is 0.487 e. The summed E-state index contributed by atoms with van der Waals surface area (Å²) in [6.07, 6.45) is 4.99. The predicted molar refractivity (Wildman–Crippen MR) is 83.8 cm³/mol. The molecule has 4 rings (SSSR count). The summed E-state index contributed by atoms with van der Waals surface area (Å²) in [6, 6.07) is 9.91. The van der Waals surface area contributed by atoms with Gasteiger partial charge in [-0.2, -0.15) is 0 Å².